The number of pyridine rings is 1. The average molecular weight is 370 g/mol. The second-order valence-corrected chi connectivity index (χ2v) is 7.53. The van der Waals surface area contributed by atoms with Crippen LogP contribution in [-0.4, -0.2) is 29.2 Å². The van der Waals surface area contributed by atoms with Crippen LogP contribution >= 0.6 is 0 Å². The predicted molar refractivity (Wildman–Crippen MR) is 97.7 cm³/mol. The van der Waals surface area contributed by atoms with Crippen LogP contribution in [0, 0.1) is 11.7 Å². The molecule has 2 fully saturated rings. The number of rotatable bonds is 6. The molecular formula is C21H23FN2O3. The normalized spacial score (nSPS) is 23.8. The Morgan fingerprint density at radius 1 is 1.30 bits per heavy atom. The fraction of sp³-hybridized carbons (Fsp3) is 0.429. The molecule has 2 N–H and O–H groups in total. The second-order valence-electron chi connectivity index (χ2n) is 7.53. The number of aliphatic hydroxyl groups excluding tert-OH is 1. The molecule has 0 unspecified atom stereocenters. The van der Waals surface area contributed by atoms with Gasteiger partial charge in [-0.1, -0.05) is 24.3 Å². The number of halogens is 1. The van der Waals surface area contributed by atoms with Gasteiger partial charge in [0.15, 0.2) is 0 Å². The molecule has 0 radical (unpaired) electrons. The number of aromatic nitrogens is 1. The molecule has 6 heteroatoms. The molecular weight excluding hydrogens is 347 g/mol. The number of hydrogen-bond donors (Lipinski definition) is 2. The zero-order valence-corrected chi connectivity index (χ0v) is 15.2. The number of benzene rings is 1. The Balaban J connectivity index is 1.58. The van der Waals surface area contributed by atoms with Gasteiger partial charge in [-0.15, -0.1) is 0 Å². The molecule has 1 aromatic heterocycles. The highest BCUT2D eigenvalue weighted by Gasteiger charge is 2.53. The maximum Gasteiger partial charge on any atom is 0.231 e. The van der Waals surface area contributed by atoms with Crippen LogP contribution in [0.5, 0.6) is 5.88 Å². The van der Waals surface area contributed by atoms with Gasteiger partial charge in [0.1, 0.15) is 5.82 Å². The van der Waals surface area contributed by atoms with Crippen LogP contribution in [0.15, 0.2) is 42.6 Å². The van der Waals surface area contributed by atoms with Crippen LogP contribution in [-0.2, 0) is 10.2 Å². The molecule has 2 aromatic rings. The predicted octanol–water partition coefficient (Wildman–Crippen LogP) is 2.89. The van der Waals surface area contributed by atoms with Gasteiger partial charge in [0.2, 0.25) is 11.8 Å². The standard InChI is InChI=1S/C21H23FN2O3/c1-27-18-7-6-13(12-23-18)19(14-10-15(25)11-14)24-20(26)21(8-9-21)16-4-2-3-5-17(16)22/h2-7,12,14-15,19,25H,8-11H2,1H3,(H,24,26)/t14?,15?,19-/m0/s1. The summed E-state index contributed by atoms with van der Waals surface area (Å²) in [6, 6.07) is 9.86. The Kier molecular flexibility index (Phi) is 4.60. The van der Waals surface area contributed by atoms with Gasteiger partial charge in [-0.25, -0.2) is 9.37 Å². The monoisotopic (exact) mass is 370 g/mol. The number of ether oxygens (including phenoxy) is 1. The van der Waals surface area contributed by atoms with Gasteiger partial charge in [-0.05, 0) is 43.2 Å². The van der Waals surface area contributed by atoms with E-state index >= 15 is 0 Å². The maximum absolute atomic E-state index is 14.3. The van der Waals surface area contributed by atoms with Gasteiger partial charge in [0.05, 0.1) is 24.7 Å². The van der Waals surface area contributed by atoms with Crippen LogP contribution < -0.4 is 10.1 Å². The van der Waals surface area contributed by atoms with E-state index in [-0.39, 0.29) is 29.8 Å². The van der Waals surface area contributed by atoms with Crippen molar-refractivity contribution in [2.75, 3.05) is 7.11 Å². The number of carbonyl (C=O) groups is 1. The average Bonchev–Trinajstić information content (AvgIpc) is 3.46. The summed E-state index contributed by atoms with van der Waals surface area (Å²) < 4.78 is 19.4. The molecule has 0 spiro atoms. The summed E-state index contributed by atoms with van der Waals surface area (Å²) in [4.78, 5) is 17.4. The summed E-state index contributed by atoms with van der Waals surface area (Å²) in [7, 11) is 1.55. The number of amides is 1. The zero-order valence-electron chi connectivity index (χ0n) is 15.2. The van der Waals surface area contributed by atoms with Crippen LogP contribution in [0.2, 0.25) is 0 Å². The molecule has 1 amide bonds. The van der Waals surface area contributed by atoms with E-state index in [0.29, 0.717) is 37.1 Å². The molecule has 1 atom stereocenters. The van der Waals surface area contributed by atoms with Crippen molar-refractivity contribution < 1.29 is 19.0 Å². The first kappa shape index (κ1) is 17.9. The van der Waals surface area contributed by atoms with Crippen molar-refractivity contribution >= 4 is 5.91 Å². The topological polar surface area (TPSA) is 71.5 Å². The van der Waals surface area contributed by atoms with E-state index in [0.717, 1.165) is 5.56 Å². The summed E-state index contributed by atoms with van der Waals surface area (Å²) in [6.07, 6.45) is 3.90. The van der Waals surface area contributed by atoms with Gasteiger partial charge in [-0.2, -0.15) is 0 Å². The van der Waals surface area contributed by atoms with Crippen molar-refractivity contribution in [3.8, 4) is 5.88 Å². The minimum absolute atomic E-state index is 0.135. The third-order valence-electron chi connectivity index (χ3n) is 5.81. The molecule has 142 valence electrons. The SMILES string of the molecule is COc1ccc([C@H](NC(=O)C2(c3ccccc3F)CC2)C2CC(O)C2)cn1. The number of carbonyl (C=O) groups excluding carboxylic acids is 1. The summed E-state index contributed by atoms with van der Waals surface area (Å²) in [5, 5.41) is 12.8. The zero-order chi connectivity index (χ0) is 19.0. The van der Waals surface area contributed by atoms with Gasteiger partial charge < -0.3 is 15.2 Å². The van der Waals surface area contributed by atoms with E-state index in [9.17, 15) is 14.3 Å². The fourth-order valence-corrected chi connectivity index (χ4v) is 3.94. The molecule has 2 saturated carbocycles. The van der Waals surface area contributed by atoms with Gasteiger partial charge >= 0.3 is 0 Å². The van der Waals surface area contributed by atoms with Crippen molar-refractivity contribution in [2.24, 2.45) is 5.92 Å². The van der Waals surface area contributed by atoms with E-state index in [2.05, 4.69) is 10.3 Å². The lowest BCUT2D eigenvalue weighted by Crippen LogP contribution is -2.45. The van der Waals surface area contributed by atoms with Crippen molar-refractivity contribution in [1.29, 1.82) is 0 Å². The first-order valence-corrected chi connectivity index (χ1v) is 9.27. The molecule has 1 heterocycles. The molecule has 27 heavy (non-hydrogen) atoms. The van der Waals surface area contributed by atoms with Gasteiger partial charge in [0, 0.05) is 17.8 Å². The fourth-order valence-electron chi connectivity index (χ4n) is 3.94. The quantitative estimate of drug-likeness (QED) is 0.820. The number of methoxy groups -OCH3 is 1. The van der Waals surface area contributed by atoms with Crippen LogP contribution in [0.4, 0.5) is 4.39 Å². The van der Waals surface area contributed by atoms with E-state index in [1.165, 1.54) is 6.07 Å². The van der Waals surface area contributed by atoms with Crippen molar-refractivity contribution in [2.45, 2.75) is 43.2 Å². The summed E-state index contributed by atoms with van der Waals surface area (Å²) in [5.74, 6) is 0.139. The summed E-state index contributed by atoms with van der Waals surface area (Å²) >= 11 is 0. The molecule has 5 nitrogen and oxygen atoms in total. The Morgan fingerprint density at radius 2 is 2.04 bits per heavy atom. The Hall–Kier alpha value is -2.47. The molecule has 2 aliphatic rings. The van der Waals surface area contributed by atoms with Crippen LogP contribution in [0.1, 0.15) is 42.9 Å². The number of nitrogens with zero attached hydrogens (tertiary/aromatic N) is 1. The first-order chi connectivity index (χ1) is 13.0. The van der Waals surface area contributed by atoms with E-state index in [4.69, 9.17) is 4.74 Å². The van der Waals surface area contributed by atoms with E-state index in [1.54, 1.807) is 37.6 Å². The molecule has 0 saturated heterocycles. The number of aliphatic hydroxyl groups is 1. The molecule has 2 aliphatic carbocycles. The lowest BCUT2D eigenvalue weighted by Gasteiger charge is -2.38. The Morgan fingerprint density at radius 3 is 2.59 bits per heavy atom. The van der Waals surface area contributed by atoms with Gasteiger partial charge in [-0.3, -0.25) is 4.79 Å². The smallest absolute Gasteiger partial charge is 0.231 e. The molecule has 0 aliphatic heterocycles. The largest absolute Gasteiger partial charge is 0.481 e. The maximum atomic E-state index is 14.3. The van der Waals surface area contributed by atoms with Crippen molar-refractivity contribution in [3.05, 3.63) is 59.5 Å². The minimum Gasteiger partial charge on any atom is -0.481 e. The Bertz CT molecular complexity index is 830. The third-order valence-corrected chi connectivity index (χ3v) is 5.81. The van der Waals surface area contributed by atoms with Gasteiger partial charge in [0.25, 0.3) is 0 Å². The first-order valence-electron chi connectivity index (χ1n) is 9.27. The summed E-state index contributed by atoms with van der Waals surface area (Å²) in [6.45, 7) is 0. The molecule has 4 rings (SSSR count). The highest BCUT2D eigenvalue weighted by atomic mass is 19.1. The highest BCUT2D eigenvalue weighted by molar-refractivity contribution is 5.91. The Labute approximate surface area is 157 Å². The van der Waals surface area contributed by atoms with Crippen molar-refractivity contribution in [3.63, 3.8) is 0 Å². The highest BCUT2D eigenvalue weighted by Crippen LogP contribution is 2.50. The molecule has 0 bridgehead atoms. The minimum atomic E-state index is -0.786. The molecule has 1 aromatic carbocycles. The lowest BCUT2D eigenvalue weighted by atomic mass is 9.75. The van der Waals surface area contributed by atoms with Crippen molar-refractivity contribution in [1.82, 2.24) is 10.3 Å². The number of hydrogen-bond acceptors (Lipinski definition) is 4. The lowest BCUT2D eigenvalue weighted by molar-refractivity contribution is -0.125. The summed E-state index contributed by atoms with van der Waals surface area (Å²) in [5.41, 5.74) is 0.541. The van der Waals surface area contributed by atoms with Crippen LogP contribution in [0.25, 0.3) is 0 Å². The van der Waals surface area contributed by atoms with Crippen LogP contribution in [0.3, 0.4) is 0 Å². The second kappa shape index (κ2) is 6.93. The van der Waals surface area contributed by atoms with E-state index < -0.39 is 5.41 Å². The third kappa shape index (κ3) is 3.30. The number of nitrogens with one attached hydrogen (secondary N) is 1. The van der Waals surface area contributed by atoms with E-state index in [1.807, 2.05) is 6.07 Å².